The van der Waals surface area contributed by atoms with Gasteiger partial charge in [0.1, 0.15) is 17.2 Å². The molecule has 1 atom stereocenters. The first-order chi connectivity index (χ1) is 25.8. The number of likely N-dealkylation sites (tertiary alicyclic amines) is 1. The fourth-order valence-corrected chi connectivity index (χ4v) is 9.00. The van der Waals surface area contributed by atoms with Crippen molar-refractivity contribution >= 4 is 46.2 Å². The first kappa shape index (κ1) is 35.2. The Kier molecular flexibility index (Phi) is 10.1. The Morgan fingerprint density at radius 3 is 2.30 bits per heavy atom. The van der Waals surface area contributed by atoms with Crippen LogP contribution in [-0.4, -0.2) is 93.4 Å². The van der Waals surface area contributed by atoms with E-state index in [4.69, 9.17) is 9.97 Å². The smallest absolute Gasteiger partial charge is 0.270 e. The Balaban J connectivity index is 0.818. The molecule has 4 aliphatic rings. The van der Waals surface area contributed by atoms with Gasteiger partial charge >= 0.3 is 0 Å². The molecule has 0 radical (unpaired) electrons. The Morgan fingerprint density at radius 1 is 0.868 bits per heavy atom. The second-order valence-electron chi connectivity index (χ2n) is 15.7. The minimum Gasteiger partial charge on any atom is -0.370 e. The number of pyridine rings is 1. The lowest BCUT2D eigenvalue weighted by atomic mass is 9.86. The highest BCUT2D eigenvalue weighted by Gasteiger charge is 2.31. The molecule has 4 aromatic rings. The van der Waals surface area contributed by atoms with Crippen LogP contribution in [0, 0.1) is 5.92 Å². The summed E-state index contributed by atoms with van der Waals surface area (Å²) in [6.45, 7) is 4.34. The summed E-state index contributed by atoms with van der Waals surface area (Å²) in [5.41, 5.74) is 4.94. The molecule has 8 rings (SSSR count). The van der Waals surface area contributed by atoms with Crippen LogP contribution < -0.4 is 15.5 Å². The molecule has 12 nitrogen and oxygen atoms in total. The SMILES string of the molecule is CN(C)C(=O)c1cc2cnc(Nc3ccc(N4CCC(N5CCC(Cc6ccc(C7CCC(=O)NC7=O)cc6)CC5)CC4)cn3)nc2n1C1CCCC1. The van der Waals surface area contributed by atoms with E-state index in [1.165, 1.54) is 18.4 Å². The lowest BCUT2D eigenvalue weighted by Gasteiger charge is -2.42. The Bertz CT molecular complexity index is 1940. The standard InChI is InChI=1S/C41H51N9O3/c1-47(2)40(53)35-24-30-25-43-41(46-38(30)50(35)32-5-3-4-6-32)44-36-13-11-33(26-42-36)49-21-17-31(18-22-49)48-19-15-28(16-20-48)23-27-7-9-29(10-8-27)34-12-14-37(51)45-39(34)52/h7-11,13,24-26,28,31-32,34H,3-6,12,14-23H2,1-2H3,(H,45,51,52)(H,42,43,44,46). The second kappa shape index (κ2) is 15.3. The zero-order chi connectivity index (χ0) is 36.5. The van der Waals surface area contributed by atoms with Crippen LogP contribution in [0.25, 0.3) is 11.0 Å². The summed E-state index contributed by atoms with van der Waals surface area (Å²) in [5.74, 6) is 1.28. The molecular weight excluding hydrogens is 667 g/mol. The fraction of sp³-hybridized carbons (Fsp3) is 0.512. The van der Waals surface area contributed by atoms with Gasteiger partial charge < -0.3 is 24.6 Å². The van der Waals surface area contributed by atoms with Crippen molar-refractivity contribution < 1.29 is 14.4 Å². The minimum absolute atomic E-state index is 0.0140. The van der Waals surface area contributed by atoms with Crippen molar-refractivity contribution in [1.29, 1.82) is 0 Å². The van der Waals surface area contributed by atoms with Crippen molar-refractivity contribution in [2.75, 3.05) is 50.5 Å². The number of fused-ring (bicyclic) bond motifs is 1. The highest BCUT2D eigenvalue weighted by Crippen LogP contribution is 2.35. The number of rotatable bonds is 9. The molecule has 0 spiro atoms. The molecule has 3 saturated heterocycles. The van der Waals surface area contributed by atoms with Crippen LogP contribution in [0.2, 0.25) is 0 Å². The zero-order valence-electron chi connectivity index (χ0n) is 31.0. The van der Waals surface area contributed by atoms with Gasteiger partial charge in [0.25, 0.3) is 5.91 Å². The number of nitrogens with zero attached hydrogens (tertiary/aromatic N) is 7. The fourth-order valence-electron chi connectivity index (χ4n) is 9.00. The van der Waals surface area contributed by atoms with Gasteiger partial charge in [-0.3, -0.25) is 19.7 Å². The number of anilines is 3. The topological polar surface area (TPSA) is 129 Å². The molecule has 278 valence electrons. The number of piperidine rings is 3. The van der Waals surface area contributed by atoms with Crippen LogP contribution in [0.5, 0.6) is 0 Å². The van der Waals surface area contributed by atoms with Gasteiger partial charge in [-0.15, -0.1) is 0 Å². The Hall–Kier alpha value is -4.84. The Labute approximate surface area is 311 Å². The number of amides is 3. The highest BCUT2D eigenvalue weighted by atomic mass is 16.2. The van der Waals surface area contributed by atoms with Crippen molar-refractivity contribution in [2.45, 2.75) is 88.6 Å². The summed E-state index contributed by atoms with van der Waals surface area (Å²) in [6.07, 6.45) is 15.0. The number of aromatic nitrogens is 4. The molecule has 12 heteroatoms. The van der Waals surface area contributed by atoms with E-state index in [2.05, 4.69) is 60.3 Å². The van der Waals surface area contributed by atoms with Crippen molar-refractivity contribution in [1.82, 2.24) is 34.6 Å². The largest absolute Gasteiger partial charge is 0.370 e. The van der Waals surface area contributed by atoms with Crippen LogP contribution in [0.15, 0.2) is 54.9 Å². The molecule has 1 aromatic carbocycles. The van der Waals surface area contributed by atoms with E-state index < -0.39 is 0 Å². The van der Waals surface area contributed by atoms with E-state index in [0.717, 1.165) is 93.4 Å². The minimum atomic E-state index is -0.219. The molecule has 6 heterocycles. The van der Waals surface area contributed by atoms with Crippen LogP contribution in [0.4, 0.5) is 17.5 Å². The van der Waals surface area contributed by atoms with E-state index in [9.17, 15) is 14.4 Å². The van der Waals surface area contributed by atoms with Crippen LogP contribution >= 0.6 is 0 Å². The monoisotopic (exact) mass is 717 g/mol. The van der Waals surface area contributed by atoms with Gasteiger partial charge in [-0.25, -0.2) is 9.97 Å². The molecule has 2 N–H and O–H groups in total. The summed E-state index contributed by atoms with van der Waals surface area (Å²) >= 11 is 0. The van der Waals surface area contributed by atoms with Gasteiger partial charge in [0.2, 0.25) is 17.8 Å². The molecule has 1 aliphatic carbocycles. The summed E-state index contributed by atoms with van der Waals surface area (Å²) in [4.78, 5) is 57.8. The molecule has 4 fully saturated rings. The normalized spacial score (nSPS) is 20.9. The lowest BCUT2D eigenvalue weighted by molar-refractivity contribution is -0.134. The van der Waals surface area contributed by atoms with Crippen LogP contribution in [0.3, 0.4) is 0 Å². The van der Waals surface area contributed by atoms with Gasteiger partial charge in [0, 0.05) is 57.3 Å². The van der Waals surface area contributed by atoms with Crippen molar-refractivity contribution in [3.63, 3.8) is 0 Å². The summed E-state index contributed by atoms with van der Waals surface area (Å²) < 4.78 is 2.13. The Morgan fingerprint density at radius 2 is 1.62 bits per heavy atom. The average Bonchev–Trinajstić information content (AvgIpc) is 3.84. The molecule has 0 bridgehead atoms. The van der Waals surface area contributed by atoms with Gasteiger partial charge in [0.05, 0.1) is 17.8 Å². The summed E-state index contributed by atoms with van der Waals surface area (Å²) in [6, 6.07) is 15.5. The van der Waals surface area contributed by atoms with Crippen molar-refractivity contribution in [3.8, 4) is 0 Å². The molecule has 1 saturated carbocycles. The number of hydrogen-bond donors (Lipinski definition) is 2. The maximum absolute atomic E-state index is 13.1. The average molecular weight is 718 g/mol. The number of hydrogen-bond acceptors (Lipinski definition) is 9. The third-order valence-corrected chi connectivity index (χ3v) is 12.0. The number of carbonyl (C=O) groups excluding carboxylic acids is 3. The zero-order valence-corrected chi connectivity index (χ0v) is 31.0. The lowest BCUT2D eigenvalue weighted by Crippen LogP contribution is -2.48. The van der Waals surface area contributed by atoms with E-state index in [1.54, 1.807) is 25.2 Å². The van der Waals surface area contributed by atoms with E-state index in [-0.39, 0.29) is 29.7 Å². The predicted octanol–water partition coefficient (Wildman–Crippen LogP) is 5.83. The predicted molar refractivity (Wildman–Crippen MR) is 205 cm³/mol. The number of imide groups is 1. The van der Waals surface area contributed by atoms with E-state index in [0.29, 0.717) is 42.3 Å². The number of benzene rings is 1. The van der Waals surface area contributed by atoms with Crippen molar-refractivity contribution in [3.05, 3.63) is 71.7 Å². The molecule has 3 amide bonds. The molecule has 3 aliphatic heterocycles. The van der Waals surface area contributed by atoms with Gasteiger partial charge in [-0.05, 0) is 99.7 Å². The first-order valence-corrected chi connectivity index (χ1v) is 19.5. The van der Waals surface area contributed by atoms with Crippen LogP contribution in [-0.2, 0) is 16.0 Å². The second-order valence-corrected chi connectivity index (χ2v) is 15.7. The van der Waals surface area contributed by atoms with Crippen molar-refractivity contribution in [2.24, 2.45) is 5.92 Å². The quantitative estimate of drug-likeness (QED) is 0.206. The van der Waals surface area contributed by atoms with Gasteiger partial charge in [-0.2, -0.15) is 4.98 Å². The number of nitrogens with one attached hydrogen (secondary N) is 2. The van der Waals surface area contributed by atoms with E-state index >= 15 is 0 Å². The first-order valence-electron chi connectivity index (χ1n) is 19.5. The third-order valence-electron chi connectivity index (χ3n) is 12.0. The molecule has 1 unspecified atom stereocenters. The molecule has 3 aromatic heterocycles. The molecule has 53 heavy (non-hydrogen) atoms. The van der Waals surface area contributed by atoms with Gasteiger partial charge in [0.15, 0.2) is 0 Å². The maximum atomic E-state index is 13.1. The highest BCUT2D eigenvalue weighted by molar-refractivity contribution is 6.01. The number of carbonyl (C=O) groups is 3. The maximum Gasteiger partial charge on any atom is 0.270 e. The molecular formula is C41H51N9O3. The van der Waals surface area contributed by atoms with Gasteiger partial charge in [-0.1, -0.05) is 37.1 Å². The summed E-state index contributed by atoms with van der Waals surface area (Å²) in [5, 5.41) is 6.65. The third kappa shape index (κ3) is 7.65. The summed E-state index contributed by atoms with van der Waals surface area (Å²) in [7, 11) is 3.58. The van der Waals surface area contributed by atoms with E-state index in [1.807, 2.05) is 18.3 Å². The van der Waals surface area contributed by atoms with Crippen LogP contribution in [0.1, 0.15) is 97.8 Å².